The molecule has 0 aliphatic carbocycles. The smallest absolute Gasteiger partial charge is 0.185 e. The van der Waals surface area contributed by atoms with Crippen LogP contribution in [0, 0.1) is 0 Å². The summed E-state index contributed by atoms with van der Waals surface area (Å²) in [5.74, 6) is -0.0614. The average Bonchev–Trinajstić information content (AvgIpc) is 2.27. The highest BCUT2D eigenvalue weighted by Gasteiger charge is 2.01. The molecule has 2 radical (unpaired) electrons. The lowest BCUT2D eigenvalue weighted by atomic mass is 9.93. The summed E-state index contributed by atoms with van der Waals surface area (Å²) in [6, 6.07) is 11.1. The second kappa shape index (κ2) is 3.74. The van der Waals surface area contributed by atoms with Crippen molar-refractivity contribution in [3.05, 3.63) is 54.6 Å². The third-order valence-electron chi connectivity index (χ3n) is 2.33. The summed E-state index contributed by atoms with van der Waals surface area (Å²) in [4.78, 5) is 11.4. The van der Waals surface area contributed by atoms with E-state index < -0.39 is 0 Å². The number of allylic oxidation sites excluding steroid dienone is 1. The van der Waals surface area contributed by atoms with E-state index in [1.54, 1.807) is 6.07 Å². The first-order valence-corrected chi connectivity index (χ1v) is 4.67. The zero-order chi connectivity index (χ0) is 10.8. The molecule has 1 nitrogen and oxygen atoms in total. The molecule has 0 aliphatic heterocycles. The van der Waals surface area contributed by atoms with Gasteiger partial charge in [0, 0.05) is 5.56 Å². The Kier molecular flexibility index (Phi) is 2.42. The summed E-state index contributed by atoms with van der Waals surface area (Å²) >= 11 is 0. The Balaban J connectivity index is 2.61. The third kappa shape index (κ3) is 1.84. The highest BCUT2D eigenvalue weighted by atomic mass is 16.1. The van der Waals surface area contributed by atoms with Gasteiger partial charge in [-0.05, 0) is 22.9 Å². The molecule has 2 rings (SSSR count). The topological polar surface area (TPSA) is 17.1 Å². The summed E-state index contributed by atoms with van der Waals surface area (Å²) in [6.45, 7) is 3.46. The Hall–Kier alpha value is -1.83. The van der Waals surface area contributed by atoms with Gasteiger partial charge in [-0.15, -0.1) is 0 Å². The van der Waals surface area contributed by atoms with E-state index in [1.165, 1.54) is 6.08 Å². The number of rotatable bonds is 2. The lowest BCUT2D eigenvalue weighted by Crippen LogP contribution is -2.00. The number of benzene rings is 2. The molecule has 0 spiro atoms. The minimum absolute atomic E-state index is 0.0614. The monoisotopic (exact) mass is 192 g/mol. The van der Waals surface area contributed by atoms with Crippen molar-refractivity contribution in [2.45, 2.75) is 0 Å². The van der Waals surface area contributed by atoms with Gasteiger partial charge in [-0.25, -0.2) is 0 Å². The molecule has 0 atom stereocenters. The first-order chi connectivity index (χ1) is 7.20. The van der Waals surface area contributed by atoms with Crippen LogP contribution in [-0.4, -0.2) is 13.6 Å². The molecule has 0 aliphatic rings. The molecule has 0 aromatic heterocycles. The quantitative estimate of drug-likeness (QED) is 0.404. The SMILES string of the molecule is [B]c1ccc2cc(C(=O)C=C)ccc2c1. The molecule has 0 saturated heterocycles. The van der Waals surface area contributed by atoms with Gasteiger partial charge >= 0.3 is 0 Å². The van der Waals surface area contributed by atoms with Crippen molar-refractivity contribution in [2.24, 2.45) is 0 Å². The van der Waals surface area contributed by atoms with Crippen molar-refractivity contribution in [1.82, 2.24) is 0 Å². The van der Waals surface area contributed by atoms with Crippen molar-refractivity contribution in [2.75, 3.05) is 0 Å². The number of carbonyl (C=O) groups is 1. The van der Waals surface area contributed by atoms with E-state index in [1.807, 2.05) is 30.3 Å². The molecule has 2 heteroatoms. The Morgan fingerprint density at radius 3 is 2.53 bits per heavy atom. The van der Waals surface area contributed by atoms with Crippen LogP contribution in [0.2, 0.25) is 0 Å². The van der Waals surface area contributed by atoms with Gasteiger partial charge in [0.1, 0.15) is 7.85 Å². The van der Waals surface area contributed by atoms with Crippen LogP contribution in [0.4, 0.5) is 0 Å². The van der Waals surface area contributed by atoms with E-state index in [0.29, 0.717) is 5.56 Å². The molecule has 0 heterocycles. The van der Waals surface area contributed by atoms with E-state index in [-0.39, 0.29) is 5.78 Å². The summed E-state index contributed by atoms with van der Waals surface area (Å²) in [6.07, 6.45) is 1.32. The van der Waals surface area contributed by atoms with E-state index >= 15 is 0 Å². The molecule has 0 saturated carbocycles. The van der Waals surface area contributed by atoms with Gasteiger partial charge < -0.3 is 0 Å². The van der Waals surface area contributed by atoms with Gasteiger partial charge in [0.05, 0.1) is 0 Å². The van der Waals surface area contributed by atoms with Crippen molar-refractivity contribution in [3.8, 4) is 0 Å². The number of carbonyl (C=O) groups excluding carboxylic acids is 1. The third-order valence-corrected chi connectivity index (χ3v) is 2.33. The van der Waals surface area contributed by atoms with Gasteiger partial charge in [0.25, 0.3) is 0 Å². The van der Waals surface area contributed by atoms with Crippen LogP contribution < -0.4 is 5.46 Å². The second-order valence-electron chi connectivity index (χ2n) is 3.39. The summed E-state index contributed by atoms with van der Waals surface area (Å²) in [5, 5.41) is 2.05. The zero-order valence-electron chi connectivity index (χ0n) is 8.23. The predicted octanol–water partition coefficient (Wildman–Crippen LogP) is 2.00. The molecule has 0 fully saturated rings. The molecule has 70 valence electrons. The lowest BCUT2D eigenvalue weighted by Gasteiger charge is -2.01. The molecular weight excluding hydrogens is 183 g/mol. The average molecular weight is 192 g/mol. The summed E-state index contributed by atoms with van der Waals surface area (Å²) in [5.41, 5.74) is 1.38. The van der Waals surface area contributed by atoms with Gasteiger partial charge in [-0.2, -0.15) is 0 Å². The Bertz CT molecular complexity index is 543. The summed E-state index contributed by atoms with van der Waals surface area (Å²) < 4.78 is 0. The maximum absolute atomic E-state index is 11.4. The van der Waals surface area contributed by atoms with Crippen LogP contribution in [0.3, 0.4) is 0 Å². The van der Waals surface area contributed by atoms with Crippen LogP contribution in [0.1, 0.15) is 10.4 Å². The van der Waals surface area contributed by atoms with Gasteiger partial charge in [-0.3, -0.25) is 4.79 Å². The maximum Gasteiger partial charge on any atom is 0.185 e. The molecule has 2 aromatic rings. The molecule has 0 amide bonds. The zero-order valence-corrected chi connectivity index (χ0v) is 8.23. The van der Waals surface area contributed by atoms with Crippen LogP contribution in [0.5, 0.6) is 0 Å². The van der Waals surface area contributed by atoms with Crippen LogP contribution in [-0.2, 0) is 0 Å². The van der Waals surface area contributed by atoms with E-state index in [9.17, 15) is 4.79 Å². The molecule has 0 bridgehead atoms. The first kappa shape index (κ1) is 9.72. The fourth-order valence-electron chi connectivity index (χ4n) is 1.54. The number of hydrogen-bond acceptors (Lipinski definition) is 1. The molecular formula is C13H9BO. The minimum Gasteiger partial charge on any atom is -0.289 e. The maximum atomic E-state index is 11.4. The highest BCUT2D eigenvalue weighted by Crippen LogP contribution is 2.15. The number of ketones is 1. The standard InChI is InChI=1S/C13H9BO/c1-2-13(15)11-4-3-10-8-12(14)6-5-9(10)7-11/h2-8H,1H2. The minimum atomic E-state index is -0.0614. The van der Waals surface area contributed by atoms with E-state index in [4.69, 9.17) is 7.85 Å². The highest BCUT2D eigenvalue weighted by molar-refractivity contribution is 6.33. The van der Waals surface area contributed by atoms with Gasteiger partial charge in [0.15, 0.2) is 5.78 Å². The Morgan fingerprint density at radius 2 is 1.80 bits per heavy atom. The normalized spacial score (nSPS) is 10.1. The Labute approximate surface area is 89.8 Å². The molecule has 0 N–H and O–H groups in total. The van der Waals surface area contributed by atoms with Gasteiger partial charge in [-0.1, -0.05) is 42.4 Å². The predicted molar refractivity (Wildman–Crippen MR) is 63.9 cm³/mol. The van der Waals surface area contributed by atoms with Crippen molar-refractivity contribution >= 4 is 29.9 Å². The summed E-state index contributed by atoms with van der Waals surface area (Å²) in [7, 11) is 5.66. The molecule has 15 heavy (non-hydrogen) atoms. The van der Waals surface area contributed by atoms with E-state index in [2.05, 4.69) is 6.58 Å². The van der Waals surface area contributed by atoms with Crippen molar-refractivity contribution < 1.29 is 4.79 Å². The molecule has 2 aromatic carbocycles. The Morgan fingerprint density at radius 1 is 1.13 bits per heavy atom. The first-order valence-electron chi connectivity index (χ1n) is 4.67. The van der Waals surface area contributed by atoms with E-state index in [0.717, 1.165) is 16.2 Å². The largest absolute Gasteiger partial charge is 0.289 e. The fraction of sp³-hybridized carbons (Fsp3) is 0. The molecule has 0 unspecified atom stereocenters. The van der Waals surface area contributed by atoms with Crippen LogP contribution >= 0.6 is 0 Å². The second-order valence-corrected chi connectivity index (χ2v) is 3.39. The number of hydrogen-bond donors (Lipinski definition) is 0. The van der Waals surface area contributed by atoms with Crippen molar-refractivity contribution in [3.63, 3.8) is 0 Å². The van der Waals surface area contributed by atoms with Crippen LogP contribution in [0.15, 0.2) is 49.1 Å². The van der Waals surface area contributed by atoms with Gasteiger partial charge in [0.2, 0.25) is 0 Å². The lowest BCUT2D eigenvalue weighted by molar-refractivity contribution is 0.104. The van der Waals surface area contributed by atoms with Crippen molar-refractivity contribution in [1.29, 1.82) is 0 Å². The number of fused-ring (bicyclic) bond motifs is 1. The van der Waals surface area contributed by atoms with Crippen LogP contribution in [0.25, 0.3) is 10.8 Å². The fourth-order valence-corrected chi connectivity index (χ4v) is 1.54.